The van der Waals surface area contributed by atoms with Crippen LogP contribution in [0, 0.1) is 0 Å². The number of rotatable bonds is 60. The van der Waals surface area contributed by atoms with E-state index in [9.17, 15) is 19.8 Å². The highest BCUT2D eigenvalue weighted by Gasteiger charge is 2.20. The molecule has 0 saturated carbocycles. The van der Waals surface area contributed by atoms with E-state index < -0.39 is 12.1 Å². The van der Waals surface area contributed by atoms with Gasteiger partial charge in [0.05, 0.1) is 25.4 Å². The molecule has 6 heteroatoms. The average Bonchev–Trinajstić information content (AvgIpc) is 3.38. The standard InChI is InChI=1S/C66H125NO5/c1-3-5-7-9-11-13-15-17-18-19-20-21-22-23-24-25-28-31-35-38-42-46-50-54-58-64(69)63(62-68)67-65(70)59-55-51-47-43-39-36-32-29-26-27-30-33-37-41-45-49-53-57-61-72-66(71)60-56-52-48-44-40-34-16-14-12-10-8-6-4-2/h8,10,14,16,29,32,63-64,68-69H,3-7,9,11-13,15,17-28,30-31,33-62H2,1-2H3,(H,67,70)/b10-8-,16-14-,32-29-. The number of hydrogen-bond acceptors (Lipinski definition) is 5. The zero-order chi connectivity index (χ0) is 52.2. The minimum atomic E-state index is -0.675. The molecule has 2 unspecified atom stereocenters. The first-order valence-electron chi connectivity index (χ1n) is 32.2. The highest BCUT2D eigenvalue weighted by atomic mass is 16.5. The molecule has 3 N–H and O–H groups in total. The molecular weight excluding hydrogens is 887 g/mol. The van der Waals surface area contributed by atoms with Crippen molar-refractivity contribution in [3.05, 3.63) is 36.5 Å². The Bertz CT molecular complexity index is 1170. The van der Waals surface area contributed by atoms with Crippen molar-refractivity contribution in [2.45, 2.75) is 360 Å². The van der Waals surface area contributed by atoms with Crippen LogP contribution in [-0.4, -0.2) is 47.4 Å². The minimum absolute atomic E-state index is 0.0119. The molecule has 0 aromatic carbocycles. The molecule has 0 saturated heterocycles. The number of carbonyl (C=O) groups is 2. The quantitative estimate of drug-likeness (QED) is 0.0320. The van der Waals surface area contributed by atoms with E-state index in [1.807, 2.05) is 0 Å². The maximum absolute atomic E-state index is 12.5. The first-order valence-corrected chi connectivity index (χ1v) is 32.2. The lowest BCUT2D eigenvalue weighted by Crippen LogP contribution is -2.45. The second kappa shape index (κ2) is 61.6. The maximum Gasteiger partial charge on any atom is 0.305 e. The van der Waals surface area contributed by atoms with Crippen molar-refractivity contribution in [3.8, 4) is 0 Å². The fourth-order valence-electron chi connectivity index (χ4n) is 9.97. The van der Waals surface area contributed by atoms with Crippen molar-refractivity contribution >= 4 is 11.9 Å². The first kappa shape index (κ1) is 70.1. The Morgan fingerprint density at radius 2 is 0.722 bits per heavy atom. The predicted molar refractivity (Wildman–Crippen MR) is 315 cm³/mol. The summed E-state index contributed by atoms with van der Waals surface area (Å²) in [5.41, 5.74) is 0. The van der Waals surface area contributed by atoms with Crippen LogP contribution in [0.5, 0.6) is 0 Å². The van der Waals surface area contributed by atoms with Crippen LogP contribution in [0.1, 0.15) is 348 Å². The lowest BCUT2D eigenvalue weighted by atomic mass is 10.0. The molecule has 0 bridgehead atoms. The zero-order valence-corrected chi connectivity index (χ0v) is 48.4. The molecule has 424 valence electrons. The number of allylic oxidation sites excluding steroid dienone is 6. The Labute approximate surface area is 449 Å². The number of hydrogen-bond donors (Lipinski definition) is 3. The molecule has 0 aliphatic heterocycles. The summed E-state index contributed by atoms with van der Waals surface area (Å²) in [5, 5.41) is 23.4. The number of carbonyl (C=O) groups excluding carboxylic acids is 2. The molecule has 0 aliphatic rings. The fraction of sp³-hybridized carbons (Fsp3) is 0.879. The molecule has 0 radical (unpaired) electrons. The molecule has 0 aromatic rings. The van der Waals surface area contributed by atoms with E-state index in [-0.39, 0.29) is 18.5 Å². The van der Waals surface area contributed by atoms with Gasteiger partial charge in [0.1, 0.15) is 0 Å². The highest BCUT2D eigenvalue weighted by Crippen LogP contribution is 2.18. The van der Waals surface area contributed by atoms with Gasteiger partial charge in [-0.25, -0.2) is 0 Å². The number of esters is 1. The van der Waals surface area contributed by atoms with Crippen molar-refractivity contribution in [1.29, 1.82) is 0 Å². The van der Waals surface area contributed by atoms with Gasteiger partial charge in [0.2, 0.25) is 5.91 Å². The molecule has 0 aliphatic carbocycles. The van der Waals surface area contributed by atoms with Crippen LogP contribution in [-0.2, 0) is 14.3 Å². The number of nitrogens with one attached hydrogen (secondary N) is 1. The van der Waals surface area contributed by atoms with E-state index in [2.05, 4.69) is 55.6 Å². The van der Waals surface area contributed by atoms with Crippen LogP contribution < -0.4 is 5.32 Å². The van der Waals surface area contributed by atoms with Crippen molar-refractivity contribution in [3.63, 3.8) is 0 Å². The van der Waals surface area contributed by atoms with Crippen molar-refractivity contribution in [2.24, 2.45) is 0 Å². The zero-order valence-electron chi connectivity index (χ0n) is 48.4. The number of unbranched alkanes of at least 4 members (excludes halogenated alkanes) is 43. The van der Waals surface area contributed by atoms with Gasteiger partial charge in [-0.3, -0.25) is 9.59 Å². The van der Waals surface area contributed by atoms with Gasteiger partial charge in [0.25, 0.3) is 0 Å². The minimum Gasteiger partial charge on any atom is -0.466 e. The maximum atomic E-state index is 12.5. The summed E-state index contributed by atoms with van der Waals surface area (Å²) in [6.45, 7) is 4.89. The van der Waals surface area contributed by atoms with Gasteiger partial charge in [-0.05, 0) is 77.0 Å². The SMILES string of the molecule is CCC/C=C\C/C=C\CCCCCCCC(=O)OCCCCCCCCCCC/C=C\CCCCCCCC(=O)NC(CO)C(O)CCCCCCCCCCCCCCCCCCCCCCCCCC. The second-order valence-electron chi connectivity index (χ2n) is 22.1. The van der Waals surface area contributed by atoms with Gasteiger partial charge in [-0.2, -0.15) is 0 Å². The van der Waals surface area contributed by atoms with Crippen LogP contribution >= 0.6 is 0 Å². The van der Waals surface area contributed by atoms with Gasteiger partial charge in [0, 0.05) is 12.8 Å². The summed E-state index contributed by atoms with van der Waals surface area (Å²) in [4.78, 5) is 24.6. The Balaban J connectivity index is 3.45. The molecular formula is C66H125NO5. The Morgan fingerprint density at radius 3 is 1.12 bits per heavy atom. The van der Waals surface area contributed by atoms with Crippen LogP contribution in [0.15, 0.2) is 36.5 Å². The van der Waals surface area contributed by atoms with Gasteiger partial charge in [-0.1, -0.05) is 294 Å². The third kappa shape index (κ3) is 57.4. The van der Waals surface area contributed by atoms with Gasteiger partial charge in [0.15, 0.2) is 0 Å². The third-order valence-electron chi connectivity index (χ3n) is 14.9. The van der Waals surface area contributed by atoms with E-state index in [0.717, 1.165) is 70.6 Å². The number of ether oxygens (including phenoxy) is 1. The van der Waals surface area contributed by atoms with E-state index in [1.54, 1.807) is 0 Å². The predicted octanol–water partition coefficient (Wildman–Crippen LogP) is 20.4. The van der Waals surface area contributed by atoms with E-state index >= 15 is 0 Å². The Morgan fingerprint density at radius 1 is 0.389 bits per heavy atom. The molecule has 0 spiro atoms. The van der Waals surface area contributed by atoms with Crippen LogP contribution in [0.2, 0.25) is 0 Å². The van der Waals surface area contributed by atoms with E-state index in [4.69, 9.17) is 4.74 Å². The van der Waals surface area contributed by atoms with Crippen LogP contribution in [0.25, 0.3) is 0 Å². The third-order valence-corrected chi connectivity index (χ3v) is 14.9. The van der Waals surface area contributed by atoms with Crippen molar-refractivity contribution in [2.75, 3.05) is 13.2 Å². The highest BCUT2D eigenvalue weighted by molar-refractivity contribution is 5.76. The molecule has 0 heterocycles. The second-order valence-corrected chi connectivity index (χ2v) is 22.1. The summed E-state index contributed by atoms with van der Waals surface area (Å²) in [6.07, 6.45) is 77.3. The monoisotopic (exact) mass is 1010 g/mol. The molecule has 72 heavy (non-hydrogen) atoms. The Hall–Kier alpha value is -1.92. The van der Waals surface area contributed by atoms with Crippen molar-refractivity contribution in [1.82, 2.24) is 5.32 Å². The summed E-state index contributed by atoms with van der Waals surface area (Å²) in [5.74, 6) is -0.0583. The molecule has 0 rings (SSSR count). The summed E-state index contributed by atoms with van der Waals surface area (Å²) in [6, 6.07) is -0.554. The van der Waals surface area contributed by atoms with Gasteiger partial charge in [-0.15, -0.1) is 0 Å². The number of aliphatic hydroxyl groups is 2. The van der Waals surface area contributed by atoms with Crippen molar-refractivity contribution < 1.29 is 24.5 Å². The first-order chi connectivity index (χ1) is 35.5. The van der Waals surface area contributed by atoms with E-state index in [1.165, 1.54) is 244 Å². The topological polar surface area (TPSA) is 95.9 Å². The van der Waals surface area contributed by atoms with Gasteiger partial charge < -0.3 is 20.3 Å². The molecule has 0 fully saturated rings. The van der Waals surface area contributed by atoms with Crippen LogP contribution in [0.3, 0.4) is 0 Å². The van der Waals surface area contributed by atoms with Crippen LogP contribution in [0.4, 0.5) is 0 Å². The number of amides is 1. The lowest BCUT2D eigenvalue weighted by Gasteiger charge is -2.22. The normalized spacial score (nSPS) is 12.8. The summed E-state index contributed by atoms with van der Waals surface area (Å²) < 4.78 is 5.46. The molecule has 0 aromatic heterocycles. The number of aliphatic hydroxyl groups excluding tert-OH is 2. The summed E-state index contributed by atoms with van der Waals surface area (Å²) >= 11 is 0. The largest absolute Gasteiger partial charge is 0.466 e. The molecule has 1 amide bonds. The van der Waals surface area contributed by atoms with Gasteiger partial charge >= 0.3 is 5.97 Å². The summed E-state index contributed by atoms with van der Waals surface area (Å²) in [7, 11) is 0. The smallest absolute Gasteiger partial charge is 0.305 e. The Kier molecular flexibility index (Phi) is 60.0. The average molecular weight is 1010 g/mol. The molecule has 6 nitrogen and oxygen atoms in total. The fourth-order valence-corrected chi connectivity index (χ4v) is 9.97. The van der Waals surface area contributed by atoms with E-state index in [0.29, 0.717) is 25.9 Å². The molecule has 2 atom stereocenters. The lowest BCUT2D eigenvalue weighted by molar-refractivity contribution is -0.143.